The van der Waals surface area contributed by atoms with Gasteiger partial charge in [0.05, 0.1) is 12.1 Å². The number of aromatic hydroxyl groups is 1. The van der Waals surface area contributed by atoms with Gasteiger partial charge in [-0.1, -0.05) is 12.2 Å². The van der Waals surface area contributed by atoms with E-state index in [9.17, 15) is 18.7 Å². The molecule has 1 aromatic heterocycles. The van der Waals surface area contributed by atoms with Crippen LogP contribution in [0.15, 0.2) is 6.07 Å². The van der Waals surface area contributed by atoms with E-state index in [4.69, 9.17) is 27.4 Å². The van der Waals surface area contributed by atoms with Crippen molar-refractivity contribution in [1.82, 2.24) is 4.57 Å². The highest BCUT2D eigenvalue weighted by Crippen LogP contribution is 2.49. The standard InChI is InChI=1S/C23H28F3N3O4S/c1-4-32-21(31)15-18(30)13-9-14(24)17(28-8-7-11(10-28)23(2,3)27)19(33-22(25)26)16(13)29(20(15)34)12-5-6-12/h9,11-12,22,30H,4-8,10,27H2,1-3H3/t11-/m1/s1. The molecule has 3 N–H and O–H groups in total. The minimum absolute atomic E-state index is 0.00617. The number of esters is 1. The fourth-order valence-electron chi connectivity index (χ4n) is 4.62. The van der Waals surface area contributed by atoms with Crippen LogP contribution in [-0.2, 0) is 4.74 Å². The predicted octanol–water partition coefficient (Wildman–Crippen LogP) is 4.89. The zero-order chi connectivity index (χ0) is 24.9. The monoisotopic (exact) mass is 499 g/mol. The third kappa shape index (κ3) is 4.31. The highest BCUT2D eigenvalue weighted by molar-refractivity contribution is 7.71. The van der Waals surface area contributed by atoms with Crippen molar-refractivity contribution in [2.24, 2.45) is 11.7 Å². The summed E-state index contributed by atoms with van der Waals surface area (Å²) >= 11 is 5.50. The molecule has 4 rings (SSSR count). The first-order valence-electron chi connectivity index (χ1n) is 11.2. The summed E-state index contributed by atoms with van der Waals surface area (Å²) in [7, 11) is 0. The Balaban J connectivity index is 2.02. The van der Waals surface area contributed by atoms with Crippen LogP contribution in [0.5, 0.6) is 11.5 Å². The van der Waals surface area contributed by atoms with Crippen molar-refractivity contribution in [1.29, 1.82) is 0 Å². The van der Waals surface area contributed by atoms with Gasteiger partial charge < -0.3 is 29.8 Å². The largest absolute Gasteiger partial charge is 0.506 e. The van der Waals surface area contributed by atoms with Gasteiger partial charge in [0.1, 0.15) is 21.6 Å². The molecule has 0 radical (unpaired) electrons. The van der Waals surface area contributed by atoms with E-state index in [2.05, 4.69) is 0 Å². The Labute approximate surface area is 200 Å². The number of nitrogens with zero attached hydrogens (tertiary/aromatic N) is 2. The van der Waals surface area contributed by atoms with Crippen molar-refractivity contribution >= 4 is 34.8 Å². The number of anilines is 1. The Kier molecular flexibility index (Phi) is 6.45. The number of fused-ring (bicyclic) bond motifs is 1. The Morgan fingerprint density at radius 1 is 1.35 bits per heavy atom. The zero-order valence-corrected chi connectivity index (χ0v) is 20.1. The van der Waals surface area contributed by atoms with Crippen molar-refractivity contribution in [2.45, 2.75) is 58.2 Å². The first kappa shape index (κ1) is 24.6. The Hall–Kier alpha value is -2.53. The van der Waals surface area contributed by atoms with Crippen LogP contribution in [0.1, 0.15) is 56.4 Å². The lowest BCUT2D eigenvalue weighted by Gasteiger charge is -2.29. The molecule has 0 unspecified atom stereocenters. The lowest BCUT2D eigenvalue weighted by atomic mass is 9.88. The summed E-state index contributed by atoms with van der Waals surface area (Å²) in [4.78, 5) is 14.2. The number of hydrogen-bond donors (Lipinski definition) is 2. The van der Waals surface area contributed by atoms with Crippen LogP contribution in [0.3, 0.4) is 0 Å². The molecule has 1 aliphatic heterocycles. The van der Waals surface area contributed by atoms with E-state index in [-0.39, 0.29) is 45.4 Å². The summed E-state index contributed by atoms with van der Waals surface area (Å²) in [5.74, 6) is -2.75. The maximum Gasteiger partial charge on any atom is 0.387 e. The van der Waals surface area contributed by atoms with Crippen LogP contribution in [0, 0.1) is 16.4 Å². The lowest BCUT2D eigenvalue weighted by molar-refractivity contribution is -0.0488. The van der Waals surface area contributed by atoms with Crippen molar-refractivity contribution in [2.75, 3.05) is 24.6 Å². The molecule has 2 fully saturated rings. The summed E-state index contributed by atoms with van der Waals surface area (Å²) in [5.41, 5.74) is 5.31. The molecular formula is C23H28F3N3O4S. The number of carbonyl (C=O) groups is 1. The number of carbonyl (C=O) groups excluding carboxylic acids is 1. The molecular weight excluding hydrogens is 471 g/mol. The van der Waals surface area contributed by atoms with Crippen LogP contribution in [0.25, 0.3) is 10.9 Å². The number of pyridine rings is 1. The van der Waals surface area contributed by atoms with E-state index in [1.165, 1.54) is 4.57 Å². The van der Waals surface area contributed by atoms with Crippen LogP contribution in [0.2, 0.25) is 0 Å². The third-order valence-electron chi connectivity index (χ3n) is 6.50. The topological polar surface area (TPSA) is 90.0 Å². The second kappa shape index (κ2) is 8.92. The average molecular weight is 500 g/mol. The fourth-order valence-corrected chi connectivity index (χ4v) is 5.04. The van der Waals surface area contributed by atoms with Crippen molar-refractivity contribution in [3.8, 4) is 11.5 Å². The number of ether oxygens (including phenoxy) is 2. The van der Waals surface area contributed by atoms with Crippen LogP contribution in [-0.4, -0.2) is 47.5 Å². The first-order valence-corrected chi connectivity index (χ1v) is 11.7. The van der Waals surface area contributed by atoms with Gasteiger partial charge in [0.15, 0.2) is 11.6 Å². The fraction of sp³-hybridized carbons (Fsp3) is 0.565. The number of hydrogen-bond acceptors (Lipinski definition) is 7. The molecule has 1 atom stereocenters. The van der Waals surface area contributed by atoms with Gasteiger partial charge in [-0.05, 0) is 52.0 Å². The van der Waals surface area contributed by atoms with Crippen LogP contribution < -0.4 is 15.4 Å². The van der Waals surface area contributed by atoms with E-state index in [0.29, 0.717) is 32.4 Å². The second-order valence-corrected chi connectivity index (χ2v) is 9.80. The quantitative estimate of drug-likeness (QED) is 0.414. The van der Waals surface area contributed by atoms with E-state index in [1.54, 1.807) is 11.8 Å². The molecule has 2 heterocycles. The van der Waals surface area contributed by atoms with E-state index in [0.717, 1.165) is 6.07 Å². The average Bonchev–Trinajstić information content (AvgIpc) is 3.43. The molecule has 2 aromatic rings. The smallest absolute Gasteiger partial charge is 0.387 e. The predicted molar refractivity (Wildman–Crippen MR) is 124 cm³/mol. The number of nitrogens with two attached hydrogens (primary N) is 1. The summed E-state index contributed by atoms with van der Waals surface area (Å²) in [6, 6.07) is 0.840. The van der Waals surface area contributed by atoms with Crippen molar-refractivity contribution in [3.05, 3.63) is 22.1 Å². The molecule has 0 spiro atoms. The van der Waals surface area contributed by atoms with Crippen LogP contribution in [0.4, 0.5) is 18.9 Å². The number of alkyl halides is 2. The Morgan fingerprint density at radius 3 is 2.56 bits per heavy atom. The second-order valence-electron chi connectivity index (χ2n) is 9.41. The van der Waals surface area contributed by atoms with Gasteiger partial charge in [0, 0.05) is 30.1 Å². The van der Waals surface area contributed by atoms with Gasteiger partial charge in [-0.15, -0.1) is 0 Å². The lowest BCUT2D eigenvalue weighted by Crippen LogP contribution is -2.42. The van der Waals surface area contributed by atoms with E-state index < -0.39 is 35.4 Å². The molecule has 34 heavy (non-hydrogen) atoms. The number of benzene rings is 1. The minimum Gasteiger partial charge on any atom is -0.506 e. The minimum atomic E-state index is -3.25. The number of rotatable bonds is 7. The van der Waals surface area contributed by atoms with Gasteiger partial charge in [0.2, 0.25) is 0 Å². The molecule has 7 nitrogen and oxygen atoms in total. The molecule has 0 bridgehead atoms. The maximum absolute atomic E-state index is 15.6. The summed E-state index contributed by atoms with van der Waals surface area (Å²) in [6.45, 7) is 2.87. The first-order chi connectivity index (χ1) is 16.0. The third-order valence-corrected chi connectivity index (χ3v) is 6.90. The highest BCUT2D eigenvalue weighted by atomic mass is 32.1. The van der Waals surface area contributed by atoms with Gasteiger partial charge in [-0.3, -0.25) is 0 Å². The maximum atomic E-state index is 15.6. The zero-order valence-electron chi connectivity index (χ0n) is 19.2. The van der Waals surface area contributed by atoms with Gasteiger partial charge in [-0.2, -0.15) is 8.78 Å². The van der Waals surface area contributed by atoms with Crippen molar-refractivity contribution < 1.29 is 32.5 Å². The molecule has 1 aliphatic carbocycles. The Morgan fingerprint density at radius 2 is 2.03 bits per heavy atom. The normalized spacial score (nSPS) is 18.7. The molecule has 11 heteroatoms. The van der Waals surface area contributed by atoms with E-state index in [1.807, 2.05) is 13.8 Å². The molecule has 1 aromatic carbocycles. The molecule has 186 valence electrons. The van der Waals surface area contributed by atoms with E-state index >= 15 is 4.39 Å². The summed E-state index contributed by atoms with van der Waals surface area (Å²) < 4.78 is 54.2. The van der Waals surface area contributed by atoms with Crippen LogP contribution >= 0.6 is 12.2 Å². The molecule has 2 aliphatic rings. The van der Waals surface area contributed by atoms with Gasteiger partial charge >= 0.3 is 12.6 Å². The van der Waals surface area contributed by atoms with Gasteiger partial charge in [0.25, 0.3) is 0 Å². The summed E-state index contributed by atoms with van der Waals surface area (Å²) in [6.07, 6.45) is 2.02. The molecule has 1 saturated heterocycles. The highest BCUT2D eigenvalue weighted by Gasteiger charge is 2.38. The SMILES string of the molecule is CCOC(=O)c1c(O)c2cc(F)c(N3CC[C@@H](C(C)(C)N)C3)c(OC(F)F)c2n(C2CC2)c1=S. The molecule has 1 saturated carbocycles. The number of aromatic nitrogens is 1. The van der Waals surface area contributed by atoms with Gasteiger partial charge in [-0.25, -0.2) is 9.18 Å². The van der Waals surface area contributed by atoms with Crippen molar-refractivity contribution in [3.63, 3.8) is 0 Å². The summed E-state index contributed by atoms with van der Waals surface area (Å²) in [5, 5.41) is 10.8. The number of halogens is 3. The molecule has 0 amide bonds. The Bertz CT molecular complexity index is 1190.